The zero-order valence-corrected chi connectivity index (χ0v) is 12.6. The van der Waals surface area contributed by atoms with Crippen LogP contribution in [0.3, 0.4) is 0 Å². The number of nitrogens with zero attached hydrogens (tertiary/aromatic N) is 3. The molecule has 7 heteroatoms. The van der Waals surface area contributed by atoms with Crippen LogP contribution in [-0.2, 0) is 17.8 Å². The Balaban J connectivity index is 0.00000147. The van der Waals surface area contributed by atoms with Gasteiger partial charge in [-0.3, -0.25) is 4.79 Å². The fourth-order valence-electron chi connectivity index (χ4n) is 3.11. The minimum atomic E-state index is -0.640. The Morgan fingerprint density at radius 2 is 2.15 bits per heavy atom. The summed E-state index contributed by atoms with van der Waals surface area (Å²) in [6.45, 7) is 2.60. The number of rotatable bonds is 2. The number of hydrogen-bond acceptors (Lipinski definition) is 4. The molecule has 0 saturated heterocycles. The van der Waals surface area contributed by atoms with Gasteiger partial charge in [-0.15, -0.1) is 12.4 Å². The lowest BCUT2D eigenvalue weighted by Crippen LogP contribution is -2.55. The normalized spacial score (nSPS) is 23.8. The van der Waals surface area contributed by atoms with Crippen LogP contribution in [0.2, 0.25) is 0 Å². The molecule has 1 fully saturated rings. The van der Waals surface area contributed by atoms with Crippen molar-refractivity contribution in [2.75, 3.05) is 0 Å². The van der Waals surface area contributed by atoms with E-state index in [0.717, 1.165) is 50.2 Å². The molecule has 6 nitrogen and oxygen atoms in total. The van der Waals surface area contributed by atoms with Crippen LogP contribution in [0.4, 0.5) is 0 Å². The number of aryl methyl sites for hydroxylation is 2. The van der Waals surface area contributed by atoms with Gasteiger partial charge in [0.2, 0.25) is 5.91 Å². The van der Waals surface area contributed by atoms with E-state index < -0.39 is 5.54 Å². The van der Waals surface area contributed by atoms with Gasteiger partial charge in [-0.05, 0) is 26.2 Å². The fraction of sp³-hybridized carbons (Fsp3) is 0.769. The summed E-state index contributed by atoms with van der Waals surface area (Å²) in [6, 6.07) is 0.127. The first kappa shape index (κ1) is 15.3. The van der Waals surface area contributed by atoms with Crippen molar-refractivity contribution in [3.05, 3.63) is 11.6 Å². The maximum atomic E-state index is 12.3. The number of hydrogen-bond donors (Lipinski definition) is 2. The molecule has 1 atom stereocenters. The third-order valence-electron chi connectivity index (χ3n) is 4.25. The molecule has 3 N–H and O–H groups in total. The lowest BCUT2D eigenvalue weighted by atomic mass is 9.97. The first-order chi connectivity index (χ1) is 9.07. The number of fused-ring (bicyclic) bond motifs is 1. The summed E-state index contributed by atoms with van der Waals surface area (Å²) in [6.07, 6.45) is 5.50. The smallest absolute Gasteiger partial charge is 0.240 e. The van der Waals surface area contributed by atoms with E-state index >= 15 is 0 Å². The van der Waals surface area contributed by atoms with Crippen LogP contribution < -0.4 is 11.1 Å². The van der Waals surface area contributed by atoms with Gasteiger partial charge in [-0.1, -0.05) is 12.8 Å². The van der Waals surface area contributed by atoms with Crippen molar-refractivity contribution in [3.8, 4) is 0 Å². The molecule has 0 radical (unpaired) electrons. The minimum absolute atomic E-state index is 0. The third-order valence-corrected chi connectivity index (χ3v) is 4.25. The average molecular weight is 300 g/mol. The van der Waals surface area contributed by atoms with E-state index in [1.54, 1.807) is 0 Å². The summed E-state index contributed by atoms with van der Waals surface area (Å²) in [4.78, 5) is 16.6. The molecule has 1 saturated carbocycles. The van der Waals surface area contributed by atoms with Gasteiger partial charge < -0.3 is 11.1 Å². The number of amides is 1. The Labute approximate surface area is 124 Å². The molecule has 1 aromatic heterocycles. The minimum Gasteiger partial charge on any atom is -0.350 e. The van der Waals surface area contributed by atoms with Crippen LogP contribution in [0.15, 0.2) is 0 Å². The fourth-order valence-corrected chi connectivity index (χ4v) is 3.11. The van der Waals surface area contributed by atoms with E-state index in [2.05, 4.69) is 15.4 Å². The standard InChI is InChI=1S/C13H21N5O.ClH/c1-9-15-11-5-4-10(8-18(11)17-9)16-12(19)13(14)6-2-3-7-13;/h10H,2-8,14H2,1H3,(H,16,19);1H. The van der Waals surface area contributed by atoms with Crippen molar-refractivity contribution >= 4 is 18.3 Å². The zero-order valence-electron chi connectivity index (χ0n) is 11.8. The van der Waals surface area contributed by atoms with E-state index in [4.69, 9.17) is 5.73 Å². The molecule has 0 spiro atoms. The van der Waals surface area contributed by atoms with Gasteiger partial charge in [-0.2, -0.15) is 5.10 Å². The Morgan fingerprint density at radius 3 is 2.85 bits per heavy atom. The molecular weight excluding hydrogens is 278 g/mol. The molecule has 2 aliphatic rings. The number of carbonyl (C=O) groups excluding carboxylic acids is 1. The molecule has 0 bridgehead atoms. The van der Waals surface area contributed by atoms with Crippen molar-refractivity contribution in [2.45, 2.75) is 63.6 Å². The molecule has 1 unspecified atom stereocenters. The van der Waals surface area contributed by atoms with Crippen LogP contribution in [0.1, 0.15) is 43.8 Å². The van der Waals surface area contributed by atoms with Gasteiger partial charge in [0.15, 0.2) is 0 Å². The third kappa shape index (κ3) is 2.81. The second-order valence-electron chi connectivity index (χ2n) is 5.83. The number of nitrogens with one attached hydrogen (secondary N) is 1. The van der Waals surface area contributed by atoms with Crippen molar-refractivity contribution < 1.29 is 4.79 Å². The molecule has 112 valence electrons. The highest BCUT2D eigenvalue weighted by Crippen LogP contribution is 2.27. The van der Waals surface area contributed by atoms with Gasteiger partial charge in [-0.25, -0.2) is 9.67 Å². The van der Waals surface area contributed by atoms with Crippen LogP contribution in [-0.4, -0.2) is 32.3 Å². The molecular formula is C13H22ClN5O. The Kier molecular flexibility index (Phi) is 4.34. The molecule has 1 aliphatic carbocycles. The van der Waals surface area contributed by atoms with Gasteiger partial charge in [0.1, 0.15) is 11.6 Å². The summed E-state index contributed by atoms with van der Waals surface area (Å²) in [5.41, 5.74) is 5.53. The van der Waals surface area contributed by atoms with Crippen LogP contribution in [0, 0.1) is 6.92 Å². The Bertz CT molecular complexity index is 495. The van der Waals surface area contributed by atoms with E-state index in [1.165, 1.54) is 0 Å². The monoisotopic (exact) mass is 299 g/mol. The number of halogens is 1. The van der Waals surface area contributed by atoms with Gasteiger partial charge in [0.05, 0.1) is 12.1 Å². The molecule has 1 aliphatic heterocycles. The molecule has 2 heterocycles. The number of nitrogens with two attached hydrogens (primary N) is 1. The average Bonchev–Trinajstić information content (AvgIpc) is 2.95. The second-order valence-corrected chi connectivity index (χ2v) is 5.83. The van der Waals surface area contributed by atoms with Crippen molar-refractivity contribution in [2.24, 2.45) is 5.73 Å². The predicted octanol–water partition coefficient (Wildman–Crippen LogP) is 0.711. The van der Waals surface area contributed by atoms with E-state index in [0.29, 0.717) is 6.54 Å². The number of aromatic nitrogens is 3. The maximum Gasteiger partial charge on any atom is 0.240 e. The van der Waals surface area contributed by atoms with Crippen LogP contribution >= 0.6 is 12.4 Å². The molecule has 1 amide bonds. The van der Waals surface area contributed by atoms with Crippen molar-refractivity contribution in [1.82, 2.24) is 20.1 Å². The topological polar surface area (TPSA) is 85.8 Å². The largest absolute Gasteiger partial charge is 0.350 e. The van der Waals surface area contributed by atoms with E-state index in [1.807, 2.05) is 11.6 Å². The lowest BCUT2D eigenvalue weighted by Gasteiger charge is -2.28. The zero-order chi connectivity index (χ0) is 13.5. The quantitative estimate of drug-likeness (QED) is 0.842. The summed E-state index contributed by atoms with van der Waals surface area (Å²) < 4.78 is 1.90. The second kappa shape index (κ2) is 5.69. The maximum absolute atomic E-state index is 12.3. The predicted molar refractivity (Wildman–Crippen MR) is 77.6 cm³/mol. The number of carbonyl (C=O) groups is 1. The Hall–Kier alpha value is -1.14. The molecule has 1 aromatic rings. The van der Waals surface area contributed by atoms with Gasteiger partial charge in [0, 0.05) is 12.5 Å². The molecule has 20 heavy (non-hydrogen) atoms. The summed E-state index contributed by atoms with van der Waals surface area (Å²) in [5, 5.41) is 7.45. The first-order valence-electron chi connectivity index (χ1n) is 7.07. The SMILES string of the molecule is Cc1nc2n(n1)CC(NC(=O)C1(N)CCCC1)CC2.Cl. The lowest BCUT2D eigenvalue weighted by molar-refractivity contribution is -0.127. The van der Waals surface area contributed by atoms with Crippen molar-refractivity contribution in [3.63, 3.8) is 0 Å². The highest BCUT2D eigenvalue weighted by atomic mass is 35.5. The first-order valence-corrected chi connectivity index (χ1v) is 7.07. The van der Waals surface area contributed by atoms with Crippen LogP contribution in [0.25, 0.3) is 0 Å². The highest BCUT2D eigenvalue weighted by Gasteiger charge is 2.38. The van der Waals surface area contributed by atoms with Crippen molar-refractivity contribution in [1.29, 1.82) is 0 Å². The summed E-state index contributed by atoms with van der Waals surface area (Å²) in [5.74, 6) is 1.83. The van der Waals surface area contributed by atoms with E-state index in [-0.39, 0.29) is 24.4 Å². The Morgan fingerprint density at radius 1 is 1.45 bits per heavy atom. The van der Waals surface area contributed by atoms with Gasteiger partial charge in [0.25, 0.3) is 0 Å². The highest BCUT2D eigenvalue weighted by molar-refractivity contribution is 5.86. The van der Waals surface area contributed by atoms with Crippen LogP contribution in [0.5, 0.6) is 0 Å². The summed E-state index contributed by atoms with van der Waals surface area (Å²) >= 11 is 0. The molecule has 0 aromatic carbocycles. The van der Waals surface area contributed by atoms with Gasteiger partial charge >= 0.3 is 0 Å². The summed E-state index contributed by atoms with van der Waals surface area (Å²) in [7, 11) is 0. The van der Waals surface area contributed by atoms with E-state index in [9.17, 15) is 4.79 Å². The molecule has 3 rings (SSSR count).